The van der Waals surface area contributed by atoms with Crippen molar-refractivity contribution in [2.45, 2.75) is 13.0 Å². The van der Waals surface area contributed by atoms with Crippen LogP contribution in [0.2, 0.25) is 0 Å². The summed E-state index contributed by atoms with van der Waals surface area (Å²) < 4.78 is 10.4. The van der Waals surface area contributed by atoms with Gasteiger partial charge in [-0.15, -0.1) is 0 Å². The summed E-state index contributed by atoms with van der Waals surface area (Å²) in [5.74, 6) is 0.663. The molecule has 6 heteroatoms. The first-order valence-electron chi connectivity index (χ1n) is 8.47. The summed E-state index contributed by atoms with van der Waals surface area (Å²) in [6.07, 6.45) is 0.569. The van der Waals surface area contributed by atoms with Crippen molar-refractivity contribution in [3.8, 4) is 11.5 Å². The zero-order valence-corrected chi connectivity index (χ0v) is 14.8. The monoisotopic (exact) mass is 354 g/mol. The topological polar surface area (TPSA) is 76.7 Å². The second-order valence-electron chi connectivity index (χ2n) is 6.20. The second-order valence-corrected chi connectivity index (χ2v) is 6.20. The Balaban J connectivity index is 1.49. The van der Waals surface area contributed by atoms with Gasteiger partial charge in [0, 0.05) is 17.8 Å². The highest BCUT2D eigenvalue weighted by atomic mass is 16.5. The number of hydrogen-bond acceptors (Lipinski definition) is 4. The molecule has 0 spiro atoms. The van der Waals surface area contributed by atoms with Gasteiger partial charge in [-0.2, -0.15) is 0 Å². The van der Waals surface area contributed by atoms with E-state index in [1.165, 1.54) is 0 Å². The van der Waals surface area contributed by atoms with Crippen molar-refractivity contribution in [1.29, 1.82) is 0 Å². The number of amides is 2. The van der Waals surface area contributed by atoms with Crippen LogP contribution >= 0.6 is 0 Å². The Morgan fingerprint density at radius 1 is 0.962 bits per heavy atom. The van der Waals surface area contributed by atoms with Crippen LogP contribution in [0.15, 0.2) is 48.5 Å². The molecule has 0 radical (unpaired) electrons. The molecule has 1 aliphatic carbocycles. The van der Waals surface area contributed by atoms with E-state index in [9.17, 15) is 9.59 Å². The molecular formula is C20H22N2O4. The molecule has 1 fully saturated rings. The van der Waals surface area contributed by atoms with Crippen LogP contribution in [0.25, 0.3) is 0 Å². The van der Waals surface area contributed by atoms with Gasteiger partial charge in [0.05, 0.1) is 26.1 Å². The smallest absolute Gasteiger partial charge is 0.228 e. The lowest BCUT2D eigenvalue weighted by Gasteiger charge is -2.09. The third kappa shape index (κ3) is 4.14. The van der Waals surface area contributed by atoms with Crippen LogP contribution in [-0.2, 0) is 16.1 Å². The van der Waals surface area contributed by atoms with Crippen molar-refractivity contribution < 1.29 is 19.1 Å². The van der Waals surface area contributed by atoms with Crippen molar-refractivity contribution >= 4 is 17.5 Å². The molecule has 2 unspecified atom stereocenters. The van der Waals surface area contributed by atoms with E-state index in [4.69, 9.17) is 9.47 Å². The fourth-order valence-electron chi connectivity index (χ4n) is 2.85. The van der Waals surface area contributed by atoms with Gasteiger partial charge in [-0.25, -0.2) is 0 Å². The third-order valence-electron chi connectivity index (χ3n) is 4.47. The summed E-state index contributed by atoms with van der Waals surface area (Å²) in [5.41, 5.74) is 1.60. The van der Waals surface area contributed by atoms with Crippen LogP contribution in [0.3, 0.4) is 0 Å². The van der Waals surface area contributed by atoms with Gasteiger partial charge >= 0.3 is 0 Å². The minimum absolute atomic E-state index is 0.106. The summed E-state index contributed by atoms with van der Waals surface area (Å²) in [7, 11) is 3.19. The molecule has 1 aliphatic rings. The number of anilines is 1. The fourth-order valence-corrected chi connectivity index (χ4v) is 2.85. The van der Waals surface area contributed by atoms with Crippen molar-refractivity contribution in [3.63, 3.8) is 0 Å². The lowest BCUT2D eigenvalue weighted by molar-refractivity contribution is -0.125. The number of ether oxygens (including phenoxy) is 2. The number of methoxy groups -OCH3 is 2. The first-order valence-corrected chi connectivity index (χ1v) is 8.47. The Morgan fingerprint density at radius 2 is 1.65 bits per heavy atom. The minimum Gasteiger partial charge on any atom is -0.497 e. The minimum atomic E-state index is -0.283. The molecule has 6 nitrogen and oxygen atoms in total. The van der Waals surface area contributed by atoms with Crippen molar-refractivity contribution in [3.05, 3.63) is 54.1 Å². The van der Waals surface area contributed by atoms with Gasteiger partial charge in [0.25, 0.3) is 0 Å². The molecule has 1 saturated carbocycles. The Kier molecular flexibility index (Phi) is 5.41. The van der Waals surface area contributed by atoms with E-state index >= 15 is 0 Å². The molecule has 0 saturated heterocycles. The number of hydrogen-bond donors (Lipinski definition) is 2. The van der Waals surface area contributed by atoms with Gasteiger partial charge in [-0.05, 0) is 36.8 Å². The SMILES string of the molecule is COc1ccc(NC(=O)C2CC2C(=O)NCc2ccccc2OC)cc1. The summed E-state index contributed by atoms with van der Waals surface area (Å²) in [6, 6.07) is 14.6. The van der Waals surface area contributed by atoms with Crippen molar-refractivity contribution in [2.75, 3.05) is 19.5 Å². The van der Waals surface area contributed by atoms with Crippen LogP contribution < -0.4 is 20.1 Å². The summed E-state index contributed by atoms with van der Waals surface area (Å²) in [6.45, 7) is 0.381. The van der Waals surface area contributed by atoms with Gasteiger partial charge in [-0.1, -0.05) is 18.2 Å². The summed E-state index contributed by atoms with van der Waals surface area (Å²) in [5, 5.41) is 5.72. The Labute approximate surface area is 152 Å². The zero-order chi connectivity index (χ0) is 18.5. The first kappa shape index (κ1) is 17.8. The number of nitrogens with one attached hydrogen (secondary N) is 2. The quantitative estimate of drug-likeness (QED) is 0.801. The first-order chi connectivity index (χ1) is 12.6. The van der Waals surface area contributed by atoms with Crippen molar-refractivity contribution in [1.82, 2.24) is 5.32 Å². The summed E-state index contributed by atoms with van der Waals surface area (Å²) >= 11 is 0. The maximum absolute atomic E-state index is 12.3. The second kappa shape index (κ2) is 7.91. The molecule has 2 aromatic rings. The van der Waals surface area contributed by atoms with E-state index in [1.807, 2.05) is 24.3 Å². The van der Waals surface area contributed by atoms with E-state index in [1.54, 1.807) is 38.5 Å². The molecule has 0 aliphatic heterocycles. The average Bonchev–Trinajstić information content (AvgIpc) is 3.48. The van der Waals surface area contributed by atoms with Gasteiger partial charge in [0.15, 0.2) is 0 Å². The molecule has 2 atom stereocenters. The van der Waals surface area contributed by atoms with E-state index in [2.05, 4.69) is 10.6 Å². The number of para-hydroxylation sites is 1. The van der Waals surface area contributed by atoms with Crippen LogP contribution in [0.1, 0.15) is 12.0 Å². The average molecular weight is 354 g/mol. The van der Waals surface area contributed by atoms with Gasteiger partial charge < -0.3 is 20.1 Å². The van der Waals surface area contributed by atoms with Gasteiger partial charge in [0.1, 0.15) is 11.5 Å². The molecule has 0 heterocycles. The third-order valence-corrected chi connectivity index (χ3v) is 4.47. The largest absolute Gasteiger partial charge is 0.497 e. The van der Waals surface area contributed by atoms with Crippen LogP contribution in [-0.4, -0.2) is 26.0 Å². The maximum atomic E-state index is 12.3. The molecular weight excluding hydrogens is 332 g/mol. The van der Waals surface area contributed by atoms with Crippen LogP contribution in [0.4, 0.5) is 5.69 Å². The molecule has 26 heavy (non-hydrogen) atoms. The molecule has 2 aromatic carbocycles. The normalized spacial score (nSPS) is 17.9. The van der Waals surface area contributed by atoms with Gasteiger partial charge in [0.2, 0.25) is 11.8 Å². The number of carbonyl (C=O) groups is 2. The number of benzene rings is 2. The van der Waals surface area contributed by atoms with E-state index in [-0.39, 0.29) is 23.7 Å². The Bertz CT molecular complexity index is 789. The molecule has 2 amide bonds. The van der Waals surface area contributed by atoms with Crippen molar-refractivity contribution in [2.24, 2.45) is 11.8 Å². The lowest BCUT2D eigenvalue weighted by atomic mass is 10.2. The Hall–Kier alpha value is -3.02. The van der Waals surface area contributed by atoms with E-state index in [0.29, 0.717) is 18.7 Å². The molecule has 0 bridgehead atoms. The number of carbonyl (C=O) groups excluding carboxylic acids is 2. The summed E-state index contributed by atoms with van der Waals surface area (Å²) in [4.78, 5) is 24.6. The predicted molar refractivity (Wildman–Crippen MR) is 98.1 cm³/mol. The molecule has 2 N–H and O–H groups in total. The fraction of sp³-hybridized carbons (Fsp3) is 0.300. The molecule has 136 valence electrons. The molecule has 0 aromatic heterocycles. The van der Waals surface area contributed by atoms with Crippen LogP contribution in [0, 0.1) is 11.8 Å². The molecule has 3 rings (SSSR count). The van der Waals surface area contributed by atoms with E-state index < -0.39 is 0 Å². The van der Waals surface area contributed by atoms with Gasteiger partial charge in [-0.3, -0.25) is 9.59 Å². The maximum Gasteiger partial charge on any atom is 0.228 e. The predicted octanol–water partition coefficient (Wildman–Crippen LogP) is 2.59. The number of rotatable bonds is 7. The highest BCUT2D eigenvalue weighted by molar-refractivity contribution is 5.99. The van der Waals surface area contributed by atoms with Crippen LogP contribution in [0.5, 0.6) is 11.5 Å². The lowest BCUT2D eigenvalue weighted by Crippen LogP contribution is -2.27. The zero-order valence-electron chi connectivity index (χ0n) is 14.8. The Morgan fingerprint density at radius 3 is 2.35 bits per heavy atom. The highest BCUT2D eigenvalue weighted by Crippen LogP contribution is 2.39. The van der Waals surface area contributed by atoms with E-state index in [0.717, 1.165) is 17.1 Å². The standard InChI is InChI=1S/C20H22N2O4/c1-25-15-9-7-14(8-10-15)22-20(24)17-11-16(17)19(23)21-12-13-5-3-4-6-18(13)26-2/h3-10,16-17H,11-12H2,1-2H3,(H,21,23)(H,22,24). The highest BCUT2D eigenvalue weighted by Gasteiger charge is 2.47.